The third-order valence-corrected chi connectivity index (χ3v) is 5.16. The number of benzene rings is 1. The van der Waals surface area contributed by atoms with Crippen LogP contribution in [-0.4, -0.2) is 42.6 Å². The Kier molecular flexibility index (Phi) is 6.46. The molecule has 1 atom stereocenters. The van der Waals surface area contributed by atoms with Crippen LogP contribution in [0.4, 0.5) is 5.13 Å². The highest BCUT2D eigenvalue weighted by molar-refractivity contribution is 7.13. The second-order valence-corrected chi connectivity index (χ2v) is 7.47. The van der Waals surface area contributed by atoms with Gasteiger partial charge in [-0.3, -0.25) is 15.0 Å². The molecule has 2 heterocycles. The van der Waals surface area contributed by atoms with Gasteiger partial charge in [0.15, 0.2) is 23.2 Å². The van der Waals surface area contributed by atoms with Gasteiger partial charge in [0.25, 0.3) is 5.91 Å². The molecule has 1 amide bonds. The number of nitrogens with one attached hydrogen (secondary N) is 1. The lowest BCUT2D eigenvalue weighted by atomic mass is 10.0. The SMILES string of the molecule is COc1ccccc1OCC(=O)Nc1nc(CN2CCCC(C)C2)cs1. The molecule has 1 aliphatic heterocycles. The van der Waals surface area contributed by atoms with E-state index in [4.69, 9.17) is 9.47 Å². The third kappa shape index (κ3) is 5.19. The summed E-state index contributed by atoms with van der Waals surface area (Å²) in [6.07, 6.45) is 2.55. The Bertz CT molecular complexity index is 734. The number of thiazole rings is 1. The van der Waals surface area contributed by atoms with Crippen LogP contribution in [0.2, 0.25) is 0 Å². The largest absolute Gasteiger partial charge is 0.493 e. The maximum absolute atomic E-state index is 12.1. The summed E-state index contributed by atoms with van der Waals surface area (Å²) in [6, 6.07) is 7.26. The number of para-hydroxylation sites is 2. The summed E-state index contributed by atoms with van der Waals surface area (Å²) < 4.78 is 10.7. The maximum Gasteiger partial charge on any atom is 0.264 e. The summed E-state index contributed by atoms with van der Waals surface area (Å²) in [5.74, 6) is 1.66. The number of aromatic nitrogens is 1. The summed E-state index contributed by atoms with van der Waals surface area (Å²) in [5.41, 5.74) is 1.00. The summed E-state index contributed by atoms with van der Waals surface area (Å²) in [4.78, 5) is 19.1. The van der Waals surface area contributed by atoms with Crippen LogP contribution in [0.1, 0.15) is 25.5 Å². The van der Waals surface area contributed by atoms with E-state index in [0.717, 1.165) is 31.2 Å². The van der Waals surface area contributed by atoms with E-state index in [1.54, 1.807) is 19.2 Å². The van der Waals surface area contributed by atoms with Crippen LogP contribution in [0, 0.1) is 5.92 Å². The molecule has 0 aliphatic carbocycles. The summed E-state index contributed by atoms with van der Waals surface area (Å²) in [6.45, 7) is 5.29. The lowest BCUT2D eigenvalue weighted by Gasteiger charge is -2.30. The minimum absolute atomic E-state index is 0.0844. The first kappa shape index (κ1) is 18.7. The minimum atomic E-state index is -0.233. The van der Waals surface area contributed by atoms with Crippen LogP contribution < -0.4 is 14.8 Å². The first-order valence-corrected chi connectivity index (χ1v) is 9.74. The van der Waals surface area contributed by atoms with Crippen molar-refractivity contribution in [2.45, 2.75) is 26.3 Å². The second-order valence-electron chi connectivity index (χ2n) is 6.61. The van der Waals surface area contributed by atoms with E-state index in [-0.39, 0.29) is 12.5 Å². The molecule has 1 saturated heterocycles. The molecule has 0 saturated carbocycles. The molecule has 3 rings (SSSR count). The Morgan fingerprint density at radius 1 is 1.38 bits per heavy atom. The van der Waals surface area contributed by atoms with E-state index in [1.165, 1.54) is 24.2 Å². The molecule has 1 aromatic heterocycles. The molecular weight excluding hydrogens is 350 g/mol. The predicted octanol–water partition coefficient (Wildman–Crippen LogP) is 3.40. The number of amides is 1. The number of rotatable bonds is 7. The third-order valence-electron chi connectivity index (χ3n) is 4.35. The van der Waals surface area contributed by atoms with Gasteiger partial charge >= 0.3 is 0 Å². The molecular formula is C19H25N3O3S. The number of ether oxygens (including phenoxy) is 2. The molecule has 1 fully saturated rings. The van der Waals surface area contributed by atoms with Gasteiger partial charge in [-0.05, 0) is 37.4 Å². The first-order chi connectivity index (χ1) is 12.6. The van der Waals surface area contributed by atoms with E-state index in [2.05, 4.69) is 22.1 Å². The van der Waals surface area contributed by atoms with E-state index < -0.39 is 0 Å². The zero-order valence-electron chi connectivity index (χ0n) is 15.2. The van der Waals surface area contributed by atoms with Gasteiger partial charge in [0.05, 0.1) is 12.8 Å². The highest BCUT2D eigenvalue weighted by atomic mass is 32.1. The quantitative estimate of drug-likeness (QED) is 0.804. The van der Waals surface area contributed by atoms with Crippen LogP contribution >= 0.6 is 11.3 Å². The normalized spacial score (nSPS) is 17.7. The highest BCUT2D eigenvalue weighted by Gasteiger charge is 2.17. The number of hydrogen-bond acceptors (Lipinski definition) is 6. The molecule has 0 spiro atoms. The van der Waals surface area contributed by atoms with Gasteiger partial charge in [-0.15, -0.1) is 11.3 Å². The van der Waals surface area contributed by atoms with Gasteiger partial charge in [0.1, 0.15) is 0 Å². The van der Waals surface area contributed by atoms with Crippen molar-refractivity contribution in [1.82, 2.24) is 9.88 Å². The summed E-state index contributed by atoms with van der Waals surface area (Å²) in [7, 11) is 1.57. The van der Waals surface area contributed by atoms with Gasteiger partial charge in [0, 0.05) is 18.5 Å². The smallest absolute Gasteiger partial charge is 0.264 e. The number of likely N-dealkylation sites (tertiary alicyclic amines) is 1. The lowest BCUT2D eigenvalue weighted by molar-refractivity contribution is -0.118. The van der Waals surface area contributed by atoms with Gasteiger partial charge in [0.2, 0.25) is 0 Å². The Morgan fingerprint density at radius 2 is 2.19 bits per heavy atom. The van der Waals surface area contributed by atoms with Crippen molar-refractivity contribution >= 4 is 22.4 Å². The molecule has 26 heavy (non-hydrogen) atoms. The Hall–Kier alpha value is -2.12. The molecule has 1 unspecified atom stereocenters. The van der Waals surface area contributed by atoms with Gasteiger partial charge in [-0.2, -0.15) is 0 Å². The van der Waals surface area contributed by atoms with Crippen LogP contribution in [0.5, 0.6) is 11.5 Å². The average molecular weight is 375 g/mol. The topological polar surface area (TPSA) is 63.7 Å². The zero-order valence-corrected chi connectivity index (χ0v) is 16.1. The van der Waals surface area contributed by atoms with Gasteiger partial charge in [-0.1, -0.05) is 19.1 Å². The van der Waals surface area contributed by atoms with Crippen molar-refractivity contribution in [3.05, 3.63) is 35.3 Å². The molecule has 6 nitrogen and oxygen atoms in total. The van der Waals surface area contributed by atoms with E-state index >= 15 is 0 Å². The lowest BCUT2D eigenvalue weighted by Crippen LogP contribution is -2.33. The average Bonchev–Trinajstić information content (AvgIpc) is 3.07. The highest BCUT2D eigenvalue weighted by Crippen LogP contribution is 2.26. The van der Waals surface area contributed by atoms with Gasteiger partial charge < -0.3 is 9.47 Å². The maximum atomic E-state index is 12.1. The van der Waals surface area contributed by atoms with E-state index in [9.17, 15) is 4.79 Å². The van der Waals surface area contributed by atoms with Crippen molar-refractivity contribution < 1.29 is 14.3 Å². The van der Waals surface area contributed by atoms with Crippen LogP contribution in [0.25, 0.3) is 0 Å². The number of piperidine rings is 1. The molecule has 7 heteroatoms. The molecule has 1 N–H and O–H groups in total. The van der Waals surface area contributed by atoms with Gasteiger partial charge in [-0.25, -0.2) is 4.98 Å². The molecule has 2 aromatic rings. The fourth-order valence-corrected chi connectivity index (χ4v) is 3.85. The Labute approximate surface area is 158 Å². The van der Waals surface area contributed by atoms with Crippen molar-refractivity contribution in [3.63, 3.8) is 0 Å². The monoisotopic (exact) mass is 375 g/mol. The summed E-state index contributed by atoms with van der Waals surface area (Å²) >= 11 is 1.45. The van der Waals surface area contributed by atoms with E-state index in [0.29, 0.717) is 16.6 Å². The molecule has 0 radical (unpaired) electrons. The zero-order chi connectivity index (χ0) is 18.4. The number of methoxy groups -OCH3 is 1. The van der Waals surface area contributed by atoms with E-state index in [1.807, 2.05) is 17.5 Å². The molecule has 1 aromatic carbocycles. The molecule has 140 valence electrons. The fourth-order valence-electron chi connectivity index (χ4n) is 3.13. The first-order valence-electron chi connectivity index (χ1n) is 8.86. The molecule has 0 bridgehead atoms. The van der Waals surface area contributed by atoms with Crippen molar-refractivity contribution in [2.24, 2.45) is 5.92 Å². The molecule has 1 aliphatic rings. The number of carbonyl (C=O) groups is 1. The number of nitrogens with zero attached hydrogens (tertiary/aromatic N) is 2. The van der Waals surface area contributed by atoms with Crippen molar-refractivity contribution in [3.8, 4) is 11.5 Å². The second kappa shape index (κ2) is 9.00. The van der Waals surface area contributed by atoms with Crippen molar-refractivity contribution in [2.75, 3.05) is 32.1 Å². The number of carbonyl (C=O) groups excluding carboxylic acids is 1. The Morgan fingerprint density at radius 3 is 2.96 bits per heavy atom. The minimum Gasteiger partial charge on any atom is -0.493 e. The van der Waals surface area contributed by atoms with Crippen LogP contribution in [0.15, 0.2) is 29.6 Å². The van der Waals surface area contributed by atoms with Crippen LogP contribution in [0.3, 0.4) is 0 Å². The predicted molar refractivity (Wildman–Crippen MR) is 103 cm³/mol. The number of anilines is 1. The number of hydrogen-bond donors (Lipinski definition) is 1. The van der Waals surface area contributed by atoms with Crippen molar-refractivity contribution in [1.29, 1.82) is 0 Å². The van der Waals surface area contributed by atoms with Crippen LogP contribution in [-0.2, 0) is 11.3 Å². The summed E-state index contributed by atoms with van der Waals surface area (Å²) in [5, 5.41) is 5.42. The standard InChI is InChI=1S/C19H25N3O3S/c1-14-6-5-9-22(10-14)11-15-13-26-19(20-15)21-18(23)12-25-17-8-4-3-7-16(17)24-2/h3-4,7-8,13-14H,5-6,9-12H2,1-2H3,(H,20,21,23). The Balaban J connectivity index is 1.48. The fraction of sp³-hybridized carbons (Fsp3) is 0.474.